The predicted octanol–water partition coefficient (Wildman–Crippen LogP) is 5.71. The van der Waals surface area contributed by atoms with Crippen molar-refractivity contribution < 1.29 is 23.0 Å². The quantitative estimate of drug-likeness (QED) is 0.573. The van der Waals surface area contributed by atoms with Crippen LogP contribution in [0.25, 0.3) is 11.1 Å². The molecular formula is C21H18ClF2N3O3. The van der Waals surface area contributed by atoms with Crippen LogP contribution in [0.2, 0.25) is 5.02 Å². The minimum atomic E-state index is -3.72. The topological polar surface area (TPSA) is 73.3 Å². The lowest BCUT2D eigenvalue weighted by atomic mass is 10.1. The molecule has 0 radical (unpaired) electrons. The zero-order valence-electron chi connectivity index (χ0n) is 16.4. The van der Waals surface area contributed by atoms with Gasteiger partial charge in [-0.15, -0.1) is 8.78 Å². The van der Waals surface area contributed by atoms with Gasteiger partial charge in [-0.2, -0.15) is 0 Å². The molecule has 0 bridgehead atoms. The number of nitrogens with zero attached hydrogens (tertiary/aromatic N) is 2. The van der Waals surface area contributed by atoms with Gasteiger partial charge < -0.3 is 14.8 Å². The molecule has 156 valence electrons. The minimum Gasteiger partial charge on any atom is -0.395 e. The Morgan fingerprint density at radius 2 is 1.73 bits per heavy atom. The fraction of sp³-hybridized carbons (Fsp3) is 0.190. The first kappa shape index (κ1) is 21.4. The van der Waals surface area contributed by atoms with Gasteiger partial charge in [0.25, 0.3) is 5.91 Å². The Kier molecular flexibility index (Phi) is 6.17. The summed E-state index contributed by atoms with van der Waals surface area (Å²) in [6.07, 6.45) is -0.784. The molecule has 0 aliphatic carbocycles. The average Bonchev–Trinajstić information content (AvgIpc) is 3.02. The summed E-state index contributed by atoms with van der Waals surface area (Å²) in [5.41, 5.74) is 2.20. The fourth-order valence-electron chi connectivity index (χ4n) is 2.61. The van der Waals surface area contributed by atoms with E-state index in [1.54, 1.807) is 24.3 Å². The fourth-order valence-corrected chi connectivity index (χ4v) is 2.87. The van der Waals surface area contributed by atoms with Crippen LogP contribution in [-0.4, -0.2) is 22.2 Å². The van der Waals surface area contributed by atoms with E-state index in [0.717, 1.165) is 5.69 Å². The highest BCUT2D eigenvalue weighted by Gasteiger charge is 2.43. The molecule has 30 heavy (non-hydrogen) atoms. The molecule has 3 aromatic rings. The molecule has 3 heterocycles. The number of alkyl halides is 2. The van der Waals surface area contributed by atoms with Gasteiger partial charge in [0, 0.05) is 35.3 Å². The zero-order chi connectivity index (χ0) is 21.9. The van der Waals surface area contributed by atoms with Gasteiger partial charge in [0.15, 0.2) is 11.5 Å². The van der Waals surface area contributed by atoms with E-state index in [9.17, 15) is 13.6 Å². The number of carbonyl (C=O) groups excluding carboxylic acids is 1. The van der Waals surface area contributed by atoms with Gasteiger partial charge in [0.05, 0.1) is 10.6 Å². The Hall–Kier alpha value is -3.26. The van der Waals surface area contributed by atoms with E-state index in [1.165, 1.54) is 24.5 Å². The van der Waals surface area contributed by atoms with E-state index in [4.69, 9.17) is 11.6 Å². The Bertz CT molecular complexity index is 1060. The molecule has 0 saturated carbocycles. The second kappa shape index (κ2) is 8.62. The Morgan fingerprint density at radius 3 is 2.33 bits per heavy atom. The van der Waals surface area contributed by atoms with E-state index < -0.39 is 6.29 Å². The Morgan fingerprint density at radius 1 is 1.03 bits per heavy atom. The predicted molar refractivity (Wildman–Crippen MR) is 109 cm³/mol. The highest BCUT2D eigenvalue weighted by Crippen LogP contribution is 2.45. The molecule has 0 unspecified atom stereocenters. The molecule has 9 heteroatoms. The van der Waals surface area contributed by atoms with E-state index in [1.807, 2.05) is 20.8 Å². The van der Waals surface area contributed by atoms with Crippen LogP contribution in [0.3, 0.4) is 0 Å². The van der Waals surface area contributed by atoms with Crippen LogP contribution < -0.4 is 14.8 Å². The van der Waals surface area contributed by atoms with Crippen molar-refractivity contribution in [1.29, 1.82) is 0 Å². The number of pyridine rings is 2. The van der Waals surface area contributed by atoms with E-state index >= 15 is 0 Å². The molecule has 1 aliphatic rings. The third-order valence-corrected chi connectivity index (χ3v) is 4.29. The van der Waals surface area contributed by atoms with Crippen molar-refractivity contribution >= 4 is 23.3 Å². The number of benzene rings is 1. The van der Waals surface area contributed by atoms with Gasteiger partial charge in [-0.05, 0) is 37.3 Å². The highest BCUT2D eigenvalue weighted by atomic mass is 35.5. The number of rotatable bonds is 3. The summed E-state index contributed by atoms with van der Waals surface area (Å²) in [5, 5.41) is 2.85. The van der Waals surface area contributed by atoms with Crippen molar-refractivity contribution in [2.45, 2.75) is 27.1 Å². The van der Waals surface area contributed by atoms with Crippen molar-refractivity contribution in [2.75, 3.05) is 5.32 Å². The number of nitrogens with one attached hydrogen (secondary N) is 1. The molecule has 1 aliphatic heterocycles. The smallest absolute Gasteiger partial charge is 0.395 e. The molecule has 2 aromatic heterocycles. The van der Waals surface area contributed by atoms with Crippen molar-refractivity contribution in [1.82, 2.24) is 9.97 Å². The molecule has 1 amide bonds. The largest absolute Gasteiger partial charge is 0.586 e. The summed E-state index contributed by atoms with van der Waals surface area (Å²) < 4.78 is 35.2. The first-order valence-corrected chi connectivity index (χ1v) is 9.48. The SMILES string of the molecule is CC.Cc1ccc(C(=O)Nc2ccc(-c3cc4c(cc3Cl)OC(F)(F)O4)cn2)cn1. The van der Waals surface area contributed by atoms with E-state index in [0.29, 0.717) is 22.5 Å². The van der Waals surface area contributed by atoms with Crippen LogP contribution in [0, 0.1) is 6.92 Å². The molecule has 0 fully saturated rings. The lowest BCUT2D eigenvalue weighted by molar-refractivity contribution is -0.286. The van der Waals surface area contributed by atoms with Gasteiger partial charge in [-0.3, -0.25) is 9.78 Å². The van der Waals surface area contributed by atoms with E-state index in [2.05, 4.69) is 24.8 Å². The second-order valence-corrected chi connectivity index (χ2v) is 6.43. The van der Waals surface area contributed by atoms with Crippen molar-refractivity contribution in [3.63, 3.8) is 0 Å². The summed E-state index contributed by atoms with van der Waals surface area (Å²) >= 11 is 6.17. The van der Waals surface area contributed by atoms with Crippen LogP contribution in [0.5, 0.6) is 11.5 Å². The number of fused-ring (bicyclic) bond motifs is 1. The lowest BCUT2D eigenvalue weighted by Gasteiger charge is -2.08. The molecule has 1 N–H and O–H groups in total. The number of hydrogen-bond acceptors (Lipinski definition) is 5. The number of halogens is 3. The molecule has 1 aromatic carbocycles. The van der Waals surface area contributed by atoms with Crippen LogP contribution >= 0.6 is 11.6 Å². The Labute approximate surface area is 176 Å². The monoisotopic (exact) mass is 433 g/mol. The van der Waals surface area contributed by atoms with Crippen molar-refractivity contribution in [3.05, 3.63) is 65.1 Å². The van der Waals surface area contributed by atoms with Crippen molar-refractivity contribution in [3.8, 4) is 22.6 Å². The molecule has 6 nitrogen and oxygen atoms in total. The average molecular weight is 434 g/mol. The number of aryl methyl sites for hydroxylation is 1. The lowest BCUT2D eigenvalue weighted by Crippen LogP contribution is -2.25. The van der Waals surface area contributed by atoms with Gasteiger partial charge in [0.1, 0.15) is 5.82 Å². The van der Waals surface area contributed by atoms with Crippen LogP contribution in [0.4, 0.5) is 14.6 Å². The normalized spacial score (nSPS) is 13.3. The number of ether oxygens (including phenoxy) is 2. The highest BCUT2D eigenvalue weighted by molar-refractivity contribution is 6.33. The number of aromatic nitrogens is 2. The second-order valence-electron chi connectivity index (χ2n) is 6.02. The van der Waals surface area contributed by atoms with Gasteiger partial charge in [0.2, 0.25) is 0 Å². The zero-order valence-corrected chi connectivity index (χ0v) is 17.1. The van der Waals surface area contributed by atoms with Crippen LogP contribution in [0.15, 0.2) is 48.8 Å². The summed E-state index contributed by atoms with van der Waals surface area (Å²) in [6.45, 7) is 5.82. The maximum atomic E-state index is 13.2. The molecule has 0 spiro atoms. The number of hydrogen-bond donors (Lipinski definition) is 1. The third kappa shape index (κ3) is 4.65. The minimum absolute atomic E-state index is 0.117. The molecule has 4 rings (SSSR count). The third-order valence-electron chi connectivity index (χ3n) is 3.98. The standard InChI is InChI=1S/C19H12ClF2N3O3.C2H6/c1-10-2-3-12(9-23-10)18(26)25-17-5-4-11(8-24-17)13-6-15-16(7-14(13)20)28-19(21,22)27-15;1-2/h2-9H,1H3,(H,24,25,26);1-2H3. The first-order valence-electron chi connectivity index (χ1n) is 9.10. The first-order chi connectivity index (χ1) is 14.3. The molecular weight excluding hydrogens is 416 g/mol. The number of amides is 1. The summed E-state index contributed by atoms with van der Waals surface area (Å²) in [5.74, 6) is -0.287. The number of carbonyl (C=O) groups is 1. The van der Waals surface area contributed by atoms with Gasteiger partial charge in [-0.1, -0.05) is 25.4 Å². The van der Waals surface area contributed by atoms with Crippen LogP contribution in [0.1, 0.15) is 29.9 Å². The van der Waals surface area contributed by atoms with Crippen molar-refractivity contribution in [2.24, 2.45) is 0 Å². The Balaban J connectivity index is 0.00000124. The van der Waals surface area contributed by atoms with Gasteiger partial charge >= 0.3 is 6.29 Å². The molecule has 0 atom stereocenters. The molecule has 0 saturated heterocycles. The summed E-state index contributed by atoms with van der Waals surface area (Å²) in [4.78, 5) is 20.5. The van der Waals surface area contributed by atoms with Gasteiger partial charge in [-0.25, -0.2) is 4.98 Å². The van der Waals surface area contributed by atoms with E-state index in [-0.39, 0.29) is 22.4 Å². The maximum absolute atomic E-state index is 13.2. The number of anilines is 1. The summed E-state index contributed by atoms with van der Waals surface area (Å²) in [6, 6.07) is 9.23. The van der Waals surface area contributed by atoms with Crippen LogP contribution in [-0.2, 0) is 0 Å². The maximum Gasteiger partial charge on any atom is 0.586 e. The summed E-state index contributed by atoms with van der Waals surface area (Å²) in [7, 11) is 0.